The number of ketones is 1. The van der Waals surface area contributed by atoms with Gasteiger partial charge in [-0.05, 0) is 6.42 Å². The van der Waals surface area contributed by atoms with Crippen molar-refractivity contribution in [2.75, 3.05) is 0 Å². The number of Topliss-reactive ketones (excluding diaryl/α,β-unsaturated/α-hetero) is 1. The van der Waals surface area contributed by atoms with Crippen molar-refractivity contribution in [3.8, 4) is 0 Å². The highest BCUT2D eigenvalue weighted by Crippen LogP contribution is 2.19. The first-order valence-electron chi connectivity index (χ1n) is 6.42. The van der Waals surface area contributed by atoms with Crippen molar-refractivity contribution < 1.29 is 19.1 Å². The molecule has 1 heterocycles. The standard InChI is InChI=1S/C13H20O4/c1-2-3-4-5-6-7-8-11(14)10-9-12(15)17-13(10)16/h10H,2-9H2,1H3. The van der Waals surface area contributed by atoms with Gasteiger partial charge >= 0.3 is 11.9 Å². The minimum atomic E-state index is -0.821. The molecule has 0 aromatic heterocycles. The minimum Gasteiger partial charge on any atom is -0.393 e. The van der Waals surface area contributed by atoms with Gasteiger partial charge in [-0.15, -0.1) is 0 Å². The highest BCUT2D eigenvalue weighted by Gasteiger charge is 2.38. The molecule has 0 radical (unpaired) electrons. The molecular formula is C13H20O4. The predicted molar refractivity (Wildman–Crippen MR) is 62.2 cm³/mol. The van der Waals surface area contributed by atoms with Crippen molar-refractivity contribution >= 4 is 17.7 Å². The van der Waals surface area contributed by atoms with Crippen LogP contribution in [-0.4, -0.2) is 17.7 Å². The Morgan fingerprint density at radius 3 is 2.41 bits per heavy atom. The molecule has 1 rings (SSSR count). The molecule has 17 heavy (non-hydrogen) atoms. The number of unbranched alkanes of at least 4 members (excludes halogenated alkanes) is 5. The molecule has 4 heteroatoms. The fraction of sp³-hybridized carbons (Fsp3) is 0.769. The number of carbonyl (C=O) groups excluding carboxylic acids is 3. The van der Waals surface area contributed by atoms with Crippen LogP contribution in [0.5, 0.6) is 0 Å². The summed E-state index contributed by atoms with van der Waals surface area (Å²) < 4.78 is 4.36. The van der Waals surface area contributed by atoms with E-state index in [1.807, 2.05) is 0 Å². The lowest BCUT2D eigenvalue weighted by molar-refractivity contribution is -0.153. The van der Waals surface area contributed by atoms with Gasteiger partial charge in [0.15, 0.2) is 0 Å². The Hall–Kier alpha value is -1.19. The topological polar surface area (TPSA) is 60.4 Å². The van der Waals surface area contributed by atoms with Crippen LogP contribution in [0.3, 0.4) is 0 Å². The second-order valence-electron chi connectivity index (χ2n) is 4.53. The molecular weight excluding hydrogens is 220 g/mol. The van der Waals surface area contributed by atoms with Gasteiger partial charge in [0.1, 0.15) is 11.7 Å². The van der Waals surface area contributed by atoms with E-state index in [0.717, 1.165) is 19.3 Å². The van der Waals surface area contributed by atoms with E-state index in [-0.39, 0.29) is 12.2 Å². The first-order valence-corrected chi connectivity index (χ1v) is 6.42. The van der Waals surface area contributed by atoms with Gasteiger partial charge in [-0.2, -0.15) is 0 Å². The van der Waals surface area contributed by atoms with Gasteiger partial charge in [0.2, 0.25) is 0 Å². The summed E-state index contributed by atoms with van der Waals surface area (Å²) in [5, 5.41) is 0. The minimum absolute atomic E-state index is 0.0620. The molecule has 1 atom stereocenters. The van der Waals surface area contributed by atoms with Gasteiger partial charge in [-0.3, -0.25) is 14.4 Å². The van der Waals surface area contributed by atoms with Crippen LogP contribution < -0.4 is 0 Å². The van der Waals surface area contributed by atoms with Crippen molar-refractivity contribution in [2.45, 2.75) is 58.3 Å². The van der Waals surface area contributed by atoms with Gasteiger partial charge in [-0.1, -0.05) is 39.0 Å². The Morgan fingerprint density at radius 1 is 1.18 bits per heavy atom. The summed E-state index contributed by atoms with van der Waals surface area (Å²) in [6.07, 6.45) is 6.92. The van der Waals surface area contributed by atoms with Crippen LogP contribution in [0.1, 0.15) is 58.3 Å². The molecule has 0 bridgehead atoms. The van der Waals surface area contributed by atoms with Crippen LogP contribution in [0.25, 0.3) is 0 Å². The normalized spacial score (nSPS) is 19.5. The van der Waals surface area contributed by atoms with Gasteiger partial charge in [0.25, 0.3) is 0 Å². The summed E-state index contributed by atoms with van der Waals surface area (Å²) in [5.41, 5.74) is 0. The van der Waals surface area contributed by atoms with E-state index in [1.54, 1.807) is 0 Å². The summed E-state index contributed by atoms with van der Waals surface area (Å²) in [5.74, 6) is -2.20. The summed E-state index contributed by atoms with van der Waals surface area (Å²) >= 11 is 0. The molecule has 1 fully saturated rings. The number of carbonyl (C=O) groups is 3. The third-order valence-electron chi connectivity index (χ3n) is 3.04. The van der Waals surface area contributed by atoms with Crippen molar-refractivity contribution in [2.24, 2.45) is 5.92 Å². The van der Waals surface area contributed by atoms with Crippen LogP contribution in [-0.2, 0) is 19.1 Å². The Balaban J connectivity index is 2.13. The van der Waals surface area contributed by atoms with Gasteiger partial charge in [-0.25, -0.2) is 0 Å². The third kappa shape index (κ3) is 4.67. The molecule has 4 nitrogen and oxygen atoms in total. The molecule has 96 valence electrons. The quantitative estimate of drug-likeness (QED) is 0.371. The van der Waals surface area contributed by atoms with E-state index < -0.39 is 17.9 Å². The average Bonchev–Trinajstić information content (AvgIpc) is 2.62. The fourth-order valence-corrected chi connectivity index (χ4v) is 1.97. The van der Waals surface area contributed by atoms with Crippen molar-refractivity contribution in [1.82, 2.24) is 0 Å². The Labute approximate surface area is 102 Å². The number of cyclic esters (lactones) is 2. The summed E-state index contributed by atoms with van der Waals surface area (Å²) in [6, 6.07) is 0. The van der Waals surface area contributed by atoms with Gasteiger partial charge < -0.3 is 4.74 Å². The zero-order chi connectivity index (χ0) is 12.7. The highest BCUT2D eigenvalue weighted by molar-refractivity contribution is 6.08. The molecule has 0 aromatic carbocycles. The zero-order valence-electron chi connectivity index (χ0n) is 10.4. The molecule has 0 aromatic rings. The molecule has 0 spiro atoms. The van der Waals surface area contributed by atoms with Gasteiger partial charge in [0.05, 0.1) is 6.42 Å². The predicted octanol–water partition coefficient (Wildman–Crippen LogP) is 2.40. The Bertz CT molecular complexity index is 296. The third-order valence-corrected chi connectivity index (χ3v) is 3.04. The first-order chi connectivity index (χ1) is 8.15. The lowest BCUT2D eigenvalue weighted by Crippen LogP contribution is -2.18. The van der Waals surface area contributed by atoms with E-state index in [1.165, 1.54) is 19.3 Å². The van der Waals surface area contributed by atoms with Crippen molar-refractivity contribution in [3.63, 3.8) is 0 Å². The zero-order valence-corrected chi connectivity index (χ0v) is 10.4. The largest absolute Gasteiger partial charge is 0.393 e. The van der Waals surface area contributed by atoms with E-state index in [4.69, 9.17) is 0 Å². The molecule has 0 aliphatic carbocycles. The van der Waals surface area contributed by atoms with Crippen LogP contribution in [0.15, 0.2) is 0 Å². The van der Waals surface area contributed by atoms with E-state index in [0.29, 0.717) is 6.42 Å². The van der Waals surface area contributed by atoms with E-state index in [9.17, 15) is 14.4 Å². The summed E-state index contributed by atoms with van der Waals surface area (Å²) in [6.45, 7) is 2.16. The van der Waals surface area contributed by atoms with Crippen molar-refractivity contribution in [3.05, 3.63) is 0 Å². The fourth-order valence-electron chi connectivity index (χ4n) is 1.97. The van der Waals surface area contributed by atoms with Crippen LogP contribution >= 0.6 is 0 Å². The smallest absolute Gasteiger partial charge is 0.324 e. The first kappa shape index (κ1) is 13.9. The lowest BCUT2D eigenvalue weighted by Gasteiger charge is -2.03. The van der Waals surface area contributed by atoms with Crippen molar-refractivity contribution in [1.29, 1.82) is 0 Å². The van der Waals surface area contributed by atoms with E-state index >= 15 is 0 Å². The molecule has 0 amide bonds. The Kier molecular flexibility index (Phi) is 5.87. The summed E-state index contributed by atoms with van der Waals surface area (Å²) in [4.78, 5) is 33.6. The van der Waals surface area contributed by atoms with Crippen LogP contribution in [0.4, 0.5) is 0 Å². The summed E-state index contributed by atoms with van der Waals surface area (Å²) in [7, 11) is 0. The van der Waals surface area contributed by atoms with Crippen LogP contribution in [0.2, 0.25) is 0 Å². The second kappa shape index (κ2) is 7.20. The number of rotatable bonds is 8. The highest BCUT2D eigenvalue weighted by atomic mass is 16.6. The Morgan fingerprint density at radius 2 is 1.82 bits per heavy atom. The molecule has 0 N–H and O–H groups in total. The monoisotopic (exact) mass is 240 g/mol. The number of ether oxygens (including phenoxy) is 1. The van der Waals surface area contributed by atoms with Crippen LogP contribution in [0, 0.1) is 5.92 Å². The molecule has 1 aliphatic rings. The SMILES string of the molecule is CCCCCCCCC(=O)C1CC(=O)OC1=O. The van der Waals surface area contributed by atoms with E-state index in [2.05, 4.69) is 11.7 Å². The lowest BCUT2D eigenvalue weighted by atomic mass is 9.97. The molecule has 0 saturated carbocycles. The van der Waals surface area contributed by atoms with Gasteiger partial charge in [0, 0.05) is 6.42 Å². The number of esters is 2. The maximum Gasteiger partial charge on any atom is 0.324 e. The maximum absolute atomic E-state index is 11.6. The molecule has 1 unspecified atom stereocenters. The maximum atomic E-state index is 11.6. The number of hydrogen-bond donors (Lipinski definition) is 0. The molecule has 1 saturated heterocycles. The molecule has 1 aliphatic heterocycles. The average molecular weight is 240 g/mol. The second-order valence-corrected chi connectivity index (χ2v) is 4.53. The number of hydrogen-bond acceptors (Lipinski definition) is 4.